The molecule has 168 valence electrons. The molecule has 11 heteroatoms. The average molecular weight is 460 g/mol. The van der Waals surface area contributed by atoms with E-state index in [0.717, 1.165) is 12.8 Å². The number of hydrogen-bond donors (Lipinski definition) is 1. The topological polar surface area (TPSA) is 115 Å². The molecule has 1 saturated heterocycles. The number of sulfonamides is 1. The Bertz CT molecular complexity index is 1190. The fourth-order valence-electron chi connectivity index (χ4n) is 3.28. The van der Waals surface area contributed by atoms with Gasteiger partial charge < -0.3 is 9.15 Å². The van der Waals surface area contributed by atoms with Crippen LogP contribution in [0.4, 0.5) is 10.4 Å². The van der Waals surface area contributed by atoms with E-state index in [1.165, 1.54) is 59.9 Å². The van der Waals surface area contributed by atoms with Gasteiger partial charge in [0.15, 0.2) is 0 Å². The van der Waals surface area contributed by atoms with Crippen molar-refractivity contribution in [2.24, 2.45) is 0 Å². The summed E-state index contributed by atoms with van der Waals surface area (Å²) in [5.74, 6) is -0.822. The van der Waals surface area contributed by atoms with E-state index in [9.17, 15) is 17.6 Å². The Kier molecular flexibility index (Phi) is 6.31. The second kappa shape index (κ2) is 9.15. The molecule has 1 atom stereocenters. The number of carbonyl (C=O) groups excluding carboxylic acids is 1. The third-order valence-corrected chi connectivity index (χ3v) is 6.88. The molecule has 4 rings (SSSR count). The lowest BCUT2D eigenvalue weighted by Crippen LogP contribution is -2.34. The zero-order chi connectivity index (χ0) is 22.7. The van der Waals surface area contributed by atoms with E-state index in [2.05, 4.69) is 15.5 Å². The van der Waals surface area contributed by atoms with Gasteiger partial charge in [0.1, 0.15) is 5.82 Å². The first-order valence-corrected chi connectivity index (χ1v) is 11.4. The van der Waals surface area contributed by atoms with Crippen LogP contribution in [0, 0.1) is 5.82 Å². The fraction of sp³-hybridized carbons (Fsp3) is 0.286. The van der Waals surface area contributed by atoms with Crippen molar-refractivity contribution in [1.29, 1.82) is 0 Å². The molecule has 0 unspecified atom stereocenters. The Morgan fingerprint density at radius 1 is 1.16 bits per heavy atom. The maximum absolute atomic E-state index is 13.0. The van der Waals surface area contributed by atoms with E-state index in [1.807, 2.05) is 0 Å². The number of nitrogens with one attached hydrogen (secondary N) is 1. The highest BCUT2D eigenvalue weighted by molar-refractivity contribution is 7.89. The summed E-state index contributed by atoms with van der Waals surface area (Å²) in [7, 11) is -2.20. The largest absolute Gasteiger partial charge is 0.403 e. The van der Waals surface area contributed by atoms with Gasteiger partial charge in [0, 0.05) is 31.3 Å². The van der Waals surface area contributed by atoms with Gasteiger partial charge in [0.05, 0.1) is 11.0 Å². The number of ether oxygens (including phenoxy) is 1. The van der Waals surface area contributed by atoms with E-state index in [4.69, 9.17) is 9.15 Å². The van der Waals surface area contributed by atoms with Crippen LogP contribution in [-0.2, 0) is 14.8 Å². The van der Waals surface area contributed by atoms with Gasteiger partial charge in [0.25, 0.3) is 5.91 Å². The smallest absolute Gasteiger partial charge is 0.322 e. The predicted octanol–water partition coefficient (Wildman–Crippen LogP) is 2.93. The number of carbonyl (C=O) groups is 1. The molecule has 2 heterocycles. The van der Waals surface area contributed by atoms with Crippen LogP contribution in [0.5, 0.6) is 0 Å². The Morgan fingerprint density at radius 3 is 2.53 bits per heavy atom. The lowest BCUT2D eigenvalue weighted by molar-refractivity contribution is 0.0979. The molecule has 1 N–H and O–H groups in total. The summed E-state index contributed by atoms with van der Waals surface area (Å²) >= 11 is 0. The first-order valence-electron chi connectivity index (χ1n) is 9.92. The lowest BCUT2D eigenvalue weighted by atomic mass is 10.2. The third-order valence-electron chi connectivity index (χ3n) is 5.05. The number of rotatable bonds is 7. The molecule has 1 aliphatic heterocycles. The van der Waals surface area contributed by atoms with Crippen LogP contribution in [0.1, 0.15) is 23.2 Å². The number of amides is 1. The van der Waals surface area contributed by atoms with E-state index >= 15 is 0 Å². The second-order valence-electron chi connectivity index (χ2n) is 7.32. The van der Waals surface area contributed by atoms with Crippen molar-refractivity contribution in [3.8, 4) is 11.5 Å². The number of aromatic nitrogens is 2. The monoisotopic (exact) mass is 460 g/mol. The Balaban J connectivity index is 1.41. The van der Waals surface area contributed by atoms with Crippen LogP contribution in [-0.4, -0.2) is 55.1 Å². The van der Waals surface area contributed by atoms with Crippen LogP contribution in [0.15, 0.2) is 57.8 Å². The average Bonchev–Trinajstić information content (AvgIpc) is 3.46. The SMILES string of the molecule is CN(C[C@@H]1CCCO1)S(=O)(=O)c1ccc(C(=O)Nc2nnc(-c3ccc(F)cc3)o2)cc1. The predicted molar refractivity (Wildman–Crippen MR) is 113 cm³/mol. The van der Waals surface area contributed by atoms with Crippen molar-refractivity contribution in [3.63, 3.8) is 0 Å². The summed E-state index contributed by atoms with van der Waals surface area (Å²) in [6.07, 6.45) is 1.65. The molecular formula is C21H21FN4O5S. The lowest BCUT2D eigenvalue weighted by Gasteiger charge is -2.20. The maximum atomic E-state index is 13.0. The van der Waals surface area contributed by atoms with Gasteiger partial charge in [-0.15, -0.1) is 5.10 Å². The van der Waals surface area contributed by atoms with E-state index in [0.29, 0.717) is 12.2 Å². The highest BCUT2D eigenvalue weighted by Gasteiger charge is 2.26. The van der Waals surface area contributed by atoms with Crippen LogP contribution >= 0.6 is 0 Å². The van der Waals surface area contributed by atoms with Crippen molar-refractivity contribution in [1.82, 2.24) is 14.5 Å². The third kappa shape index (κ3) is 4.85. The van der Waals surface area contributed by atoms with Gasteiger partial charge in [0.2, 0.25) is 15.9 Å². The highest BCUT2D eigenvalue weighted by Crippen LogP contribution is 2.22. The molecule has 9 nitrogen and oxygen atoms in total. The van der Waals surface area contributed by atoms with Gasteiger partial charge in [-0.3, -0.25) is 10.1 Å². The van der Waals surface area contributed by atoms with Crippen molar-refractivity contribution < 1.29 is 26.8 Å². The van der Waals surface area contributed by atoms with Gasteiger partial charge in [-0.25, -0.2) is 12.8 Å². The van der Waals surface area contributed by atoms with E-state index < -0.39 is 21.7 Å². The molecule has 0 aliphatic carbocycles. The number of likely N-dealkylation sites (N-methyl/N-ethyl adjacent to an activating group) is 1. The molecular weight excluding hydrogens is 439 g/mol. The first-order chi connectivity index (χ1) is 15.3. The van der Waals surface area contributed by atoms with Crippen molar-refractivity contribution >= 4 is 21.9 Å². The molecule has 0 saturated carbocycles. The molecule has 1 aliphatic rings. The number of benzene rings is 2. The summed E-state index contributed by atoms with van der Waals surface area (Å²) in [5, 5.41) is 10.0. The van der Waals surface area contributed by atoms with Gasteiger partial charge >= 0.3 is 6.01 Å². The Morgan fingerprint density at radius 2 is 1.88 bits per heavy atom. The minimum atomic E-state index is -3.70. The molecule has 1 amide bonds. The first kappa shape index (κ1) is 22.1. The Labute approximate surface area is 184 Å². The van der Waals surface area contributed by atoms with Gasteiger partial charge in [-0.05, 0) is 61.4 Å². The summed E-state index contributed by atoms with van der Waals surface area (Å²) in [6, 6.07) is 10.9. The maximum Gasteiger partial charge on any atom is 0.322 e. The molecule has 2 aromatic carbocycles. The zero-order valence-electron chi connectivity index (χ0n) is 17.2. The van der Waals surface area contributed by atoms with E-state index in [1.54, 1.807) is 0 Å². The molecule has 3 aromatic rings. The summed E-state index contributed by atoms with van der Waals surface area (Å²) in [5.41, 5.74) is 0.716. The number of halogens is 1. The van der Waals surface area contributed by atoms with E-state index in [-0.39, 0.29) is 35.0 Å². The minimum Gasteiger partial charge on any atom is -0.403 e. The fourth-order valence-corrected chi connectivity index (χ4v) is 4.49. The zero-order valence-corrected chi connectivity index (χ0v) is 18.0. The van der Waals surface area contributed by atoms with Crippen molar-refractivity contribution in [2.75, 3.05) is 25.5 Å². The van der Waals surface area contributed by atoms with Crippen LogP contribution in [0.2, 0.25) is 0 Å². The van der Waals surface area contributed by atoms with Crippen LogP contribution < -0.4 is 5.32 Å². The normalized spacial score (nSPS) is 16.4. The molecule has 0 bridgehead atoms. The summed E-state index contributed by atoms with van der Waals surface area (Å²) in [4.78, 5) is 12.5. The quantitative estimate of drug-likeness (QED) is 0.576. The number of hydrogen-bond acceptors (Lipinski definition) is 7. The summed E-state index contributed by atoms with van der Waals surface area (Å²) < 4.78 is 50.7. The van der Waals surface area contributed by atoms with Gasteiger partial charge in [-0.1, -0.05) is 5.10 Å². The summed E-state index contributed by atoms with van der Waals surface area (Å²) in [6.45, 7) is 0.923. The molecule has 1 aromatic heterocycles. The highest BCUT2D eigenvalue weighted by atomic mass is 32.2. The molecule has 1 fully saturated rings. The van der Waals surface area contributed by atoms with Crippen LogP contribution in [0.3, 0.4) is 0 Å². The second-order valence-corrected chi connectivity index (χ2v) is 9.36. The molecule has 0 radical (unpaired) electrons. The van der Waals surface area contributed by atoms with Gasteiger partial charge in [-0.2, -0.15) is 4.31 Å². The van der Waals surface area contributed by atoms with Crippen molar-refractivity contribution in [3.05, 3.63) is 59.9 Å². The molecule has 0 spiro atoms. The molecule has 32 heavy (non-hydrogen) atoms. The number of nitrogens with zero attached hydrogens (tertiary/aromatic N) is 3. The standard InChI is InChI=1S/C21H21FN4O5S/c1-26(13-17-3-2-12-30-17)32(28,29)18-10-6-14(7-11-18)19(27)23-21-25-24-20(31-21)15-4-8-16(22)9-5-15/h4-11,17H,2-3,12-13H2,1H3,(H,23,25,27)/t17-/m0/s1. The number of anilines is 1. The van der Waals surface area contributed by atoms with Crippen LogP contribution in [0.25, 0.3) is 11.5 Å². The minimum absolute atomic E-state index is 0.0749. The van der Waals surface area contributed by atoms with Crippen molar-refractivity contribution in [2.45, 2.75) is 23.8 Å². The Hall–Kier alpha value is -3.15.